The van der Waals surface area contributed by atoms with Crippen LogP contribution in [0, 0.1) is 5.21 Å². The third kappa shape index (κ3) is 4.28. The van der Waals surface area contributed by atoms with Crippen molar-refractivity contribution in [2.45, 2.75) is 50.1 Å². The molecule has 2 aromatic carbocycles. The lowest BCUT2D eigenvalue weighted by Gasteiger charge is -2.44. The Morgan fingerprint density at radius 1 is 0.971 bits per heavy atom. The molecular weight excluding hydrogens is 426 g/mol. The SMILES string of the molecule is O=C(NCCc1ccccc1)[C@@H]1c2ccccc2C(=O)N(C2CCCC2)[C@H]1c1cc[n+]([O-])cc1. The Labute approximate surface area is 199 Å². The lowest BCUT2D eigenvalue weighted by molar-refractivity contribution is -0.605. The van der Waals surface area contributed by atoms with Crippen LogP contribution in [-0.4, -0.2) is 29.3 Å². The minimum Gasteiger partial charge on any atom is -0.619 e. The summed E-state index contributed by atoms with van der Waals surface area (Å²) in [7, 11) is 0. The smallest absolute Gasteiger partial charge is 0.254 e. The van der Waals surface area contributed by atoms with E-state index in [1.807, 2.05) is 59.5 Å². The molecule has 0 saturated heterocycles. The molecule has 1 N–H and O–H groups in total. The number of pyridine rings is 1. The van der Waals surface area contributed by atoms with Crippen LogP contribution in [0.5, 0.6) is 0 Å². The van der Waals surface area contributed by atoms with E-state index in [0.717, 1.165) is 53.5 Å². The molecule has 0 unspecified atom stereocenters. The molecule has 2 amide bonds. The zero-order valence-corrected chi connectivity index (χ0v) is 19.1. The highest BCUT2D eigenvalue weighted by Gasteiger charge is 2.47. The average molecular weight is 456 g/mol. The van der Waals surface area contributed by atoms with E-state index >= 15 is 0 Å². The molecule has 1 fully saturated rings. The van der Waals surface area contributed by atoms with Crippen LogP contribution in [0.4, 0.5) is 0 Å². The normalized spacial score (nSPS) is 20.2. The predicted molar refractivity (Wildman–Crippen MR) is 129 cm³/mol. The van der Waals surface area contributed by atoms with Gasteiger partial charge in [-0.3, -0.25) is 9.59 Å². The van der Waals surface area contributed by atoms with Crippen molar-refractivity contribution >= 4 is 11.8 Å². The van der Waals surface area contributed by atoms with Gasteiger partial charge in [-0.1, -0.05) is 61.4 Å². The number of aromatic nitrogens is 1. The Balaban J connectivity index is 1.52. The van der Waals surface area contributed by atoms with Crippen LogP contribution in [0.25, 0.3) is 0 Å². The summed E-state index contributed by atoms with van der Waals surface area (Å²) in [5.41, 5.74) is 3.32. The van der Waals surface area contributed by atoms with Gasteiger partial charge in [-0.15, -0.1) is 0 Å². The van der Waals surface area contributed by atoms with Gasteiger partial charge in [0.2, 0.25) is 5.91 Å². The largest absolute Gasteiger partial charge is 0.619 e. The first-order chi connectivity index (χ1) is 16.6. The Bertz CT molecular complexity index is 1160. The fourth-order valence-electron chi connectivity index (χ4n) is 5.48. The number of carbonyl (C=O) groups is 2. The van der Waals surface area contributed by atoms with E-state index < -0.39 is 12.0 Å². The quantitative estimate of drug-likeness (QED) is 0.452. The van der Waals surface area contributed by atoms with E-state index in [4.69, 9.17) is 0 Å². The van der Waals surface area contributed by atoms with E-state index in [9.17, 15) is 14.8 Å². The first kappa shape index (κ1) is 22.1. The van der Waals surface area contributed by atoms with Crippen LogP contribution in [-0.2, 0) is 11.2 Å². The maximum absolute atomic E-state index is 13.8. The highest BCUT2D eigenvalue weighted by atomic mass is 16.5. The van der Waals surface area contributed by atoms with Gasteiger partial charge in [-0.2, -0.15) is 4.73 Å². The van der Waals surface area contributed by atoms with Crippen molar-refractivity contribution in [3.8, 4) is 0 Å². The molecule has 3 aromatic rings. The molecule has 174 valence electrons. The number of fused-ring (bicyclic) bond motifs is 1. The van der Waals surface area contributed by atoms with Gasteiger partial charge in [-0.05, 0) is 42.0 Å². The van der Waals surface area contributed by atoms with E-state index in [-0.39, 0.29) is 17.9 Å². The number of nitrogens with zero attached hydrogens (tertiary/aromatic N) is 2. The molecule has 1 saturated carbocycles. The van der Waals surface area contributed by atoms with E-state index in [0.29, 0.717) is 12.1 Å². The van der Waals surface area contributed by atoms with Gasteiger partial charge in [-0.25, -0.2) is 0 Å². The predicted octanol–water partition coefficient (Wildman–Crippen LogP) is 3.90. The van der Waals surface area contributed by atoms with Crippen LogP contribution in [0.1, 0.15) is 64.7 Å². The number of carbonyl (C=O) groups excluding carboxylic acids is 2. The second-order valence-electron chi connectivity index (χ2n) is 9.18. The van der Waals surface area contributed by atoms with Gasteiger partial charge in [0.1, 0.15) is 0 Å². The molecule has 6 heteroatoms. The molecule has 34 heavy (non-hydrogen) atoms. The molecule has 0 spiro atoms. The fourth-order valence-corrected chi connectivity index (χ4v) is 5.48. The average Bonchev–Trinajstić information content (AvgIpc) is 3.39. The highest BCUT2D eigenvalue weighted by Crippen LogP contribution is 2.45. The lowest BCUT2D eigenvalue weighted by atomic mass is 9.78. The maximum atomic E-state index is 13.8. The van der Waals surface area contributed by atoms with E-state index in [1.54, 1.807) is 12.1 Å². The highest BCUT2D eigenvalue weighted by molar-refractivity contribution is 6.01. The zero-order chi connectivity index (χ0) is 23.5. The molecule has 6 nitrogen and oxygen atoms in total. The monoisotopic (exact) mass is 455 g/mol. The topological polar surface area (TPSA) is 76.4 Å². The van der Waals surface area contributed by atoms with E-state index in [2.05, 4.69) is 5.32 Å². The van der Waals surface area contributed by atoms with Crippen molar-refractivity contribution in [3.05, 3.63) is 107 Å². The van der Waals surface area contributed by atoms with Gasteiger partial charge in [0.15, 0.2) is 12.4 Å². The Kier molecular flexibility index (Phi) is 6.30. The molecular formula is C28H29N3O3. The molecule has 2 aliphatic rings. The Morgan fingerprint density at radius 2 is 1.65 bits per heavy atom. The minimum absolute atomic E-state index is 0.0281. The number of hydrogen-bond donors (Lipinski definition) is 1. The summed E-state index contributed by atoms with van der Waals surface area (Å²) in [5.74, 6) is -0.671. The maximum Gasteiger partial charge on any atom is 0.254 e. The second kappa shape index (κ2) is 9.67. The number of nitrogens with one attached hydrogen (secondary N) is 1. The molecule has 1 aliphatic heterocycles. The summed E-state index contributed by atoms with van der Waals surface area (Å²) >= 11 is 0. The zero-order valence-electron chi connectivity index (χ0n) is 19.1. The van der Waals surface area contributed by atoms with Gasteiger partial charge in [0, 0.05) is 30.3 Å². The van der Waals surface area contributed by atoms with Crippen molar-refractivity contribution in [1.82, 2.24) is 10.2 Å². The third-order valence-corrected chi connectivity index (χ3v) is 7.10. The Morgan fingerprint density at radius 3 is 2.38 bits per heavy atom. The number of hydrogen-bond acceptors (Lipinski definition) is 3. The first-order valence-corrected chi connectivity index (χ1v) is 12.1. The number of benzene rings is 2. The summed E-state index contributed by atoms with van der Waals surface area (Å²) in [6.07, 6.45) is 7.63. The first-order valence-electron chi connectivity index (χ1n) is 12.1. The van der Waals surface area contributed by atoms with Crippen molar-refractivity contribution in [2.24, 2.45) is 0 Å². The minimum atomic E-state index is -0.548. The Hall–Kier alpha value is -3.67. The lowest BCUT2D eigenvalue weighted by Crippen LogP contribution is -2.51. The van der Waals surface area contributed by atoms with Crippen LogP contribution in [0.3, 0.4) is 0 Å². The number of amides is 2. The van der Waals surface area contributed by atoms with Gasteiger partial charge < -0.3 is 15.4 Å². The van der Waals surface area contributed by atoms with Crippen molar-refractivity contribution in [1.29, 1.82) is 0 Å². The van der Waals surface area contributed by atoms with Gasteiger partial charge in [0.05, 0.1) is 12.0 Å². The standard InChI is InChI=1S/C28H29N3O3/c32-27(29-17-14-20-8-2-1-3-9-20)25-23-12-6-7-13-24(23)28(33)31(22-10-4-5-11-22)26(25)21-15-18-30(34)19-16-21/h1-3,6-9,12-13,15-16,18-19,22,25-26H,4-5,10-11,14,17H2,(H,29,32)/t25-,26+/m1/s1. The summed E-state index contributed by atoms with van der Waals surface area (Å²) in [6.45, 7) is 0.515. The van der Waals surface area contributed by atoms with Gasteiger partial charge in [0.25, 0.3) is 5.91 Å². The van der Waals surface area contributed by atoms with Crippen molar-refractivity contribution in [2.75, 3.05) is 6.54 Å². The molecule has 1 aromatic heterocycles. The number of rotatable bonds is 6. The van der Waals surface area contributed by atoms with Gasteiger partial charge >= 0.3 is 0 Å². The molecule has 5 rings (SSSR count). The van der Waals surface area contributed by atoms with Crippen molar-refractivity contribution < 1.29 is 14.3 Å². The fraction of sp³-hybridized carbons (Fsp3) is 0.321. The van der Waals surface area contributed by atoms with Crippen LogP contribution in [0.15, 0.2) is 79.1 Å². The summed E-state index contributed by atoms with van der Waals surface area (Å²) in [5, 5.41) is 14.9. The van der Waals surface area contributed by atoms with Crippen LogP contribution in [0.2, 0.25) is 0 Å². The third-order valence-electron chi connectivity index (χ3n) is 7.10. The molecule has 0 bridgehead atoms. The summed E-state index contributed by atoms with van der Waals surface area (Å²) in [4.78, 5) is 29.4. The van der Waals surface area contributed by atoms with E-state index in [1.165, 1.54) is 12.4 Å². The second-order valence-corrected chi connectivity index (χ2v) is 9.18. The van der Waals surface area contributed by atoms with Crippen LogP contribution < -0.4 is 10.0 Å². The molecule has 2 heterocycles. The van der Waals surface area contributed by atoms with Crippen LogP contribution >= 0.6 is 0 Å². The molecule has 1 aliphatic carbocycles. The summed E-state index contributed by atoms with van der Waals surface area (Å²) in [6, 6.07) is 20.6. The summed E-state index contributed by atoms with van der Waals surface area (Å²) < 4.78 is 0.733. The molecule has 0 radical (unpaired) electrons. The van der Waals surface area contributed by atoms with Crippen molar-refractivity contribution in [3.63, 3.8) is 0 Å². The molecule has 2 atom stereocenters.